The third kappa shape index (κ3) is 3.18. The van der Waals surface area contributed by atoms with E-state index in [0.717, 1.165) is 24.6 Å². The number of β-amino-alcohol motifs (C(OH)–C–C–N with tert-alkyl or cyclic N) is 1. The number of halogens is 2. The lowest BCUT2D eigenvalue weighted by Gasteiger charge is -2.24. The van der Waals surface area contributed by atoms with Gasteiger partial charge in [-0.3, -0.25) is 9.58 Å². The Morgan fingerprint density at radius 2 is 2.14 bits per heavy atom. The van der Waals surface area contributed by atoms with Crippen LogP contribution in [0.4, 0.5) is 8.78 Å². The van der Waals surface area contributed by atoms with Gasteiger partial charge in [0.15, 0.2) is 11.6 Å². The minimum absolute atomic E-state index is 0.0817. The molecule has 1 aromatic heterocycles. The van der Waals surface area contributed by atoms with Crippen molar-refractivity contribution in [1.82, 2.24) is 14.7 Å². The average Bonchev–Trinajstić information content (AvgIpc) is 3.05. The van der Waals surface area contributed by atoms with E-state index in [1.54, 1.807) is 10.7 Å². The molecule has 0 amide bonds. The molecule has 0 unspecified atom stereocenters. The molecule has 2 aromatic rings. The zero-order valence-electron chi connectivity index (χ0n) is 12.4. The highest BCUT2D eigenvalue weighted by molar-refractivity contribution is 5.23. The number of rotatable bonds is 4. The van der Waals surface area contributed by atoms with E-state index >= 15 is 0 Å². The Morgan fingerprint density at radius 1 is 1.32 bits per heavy atom. The van der Waals surface area contributed by atoms with Gasteiger partial charge in [0.25, 0.3) is 0 Å². The van der Waals surface area contributed by atoms with Crippen LogP contribution < -0.4 is 0 Å². The summed E-state index contributed by atoms with van der Waals surface area (Å²) >= 11 is 0. The zero-order valence-corrected chi connectivity index (χ0v) is 12.4. The lowest BCUT2D eigenvalue weighted by molar-refractivity contribution is 0.175. The molecule has 0 spiro atoms. The maximum absolute atomic E-state index is 13.4. The molecule has 0 radical (unpaired) electrons. The second-order valence-corrected chi connectivity index (χ2v) is 5.85. The van der Waals surface area contributed by atoms with E-state index in [0.29, 0.717) is 18.5 Å². The molecule has 22 heavy (non-hydrogen) atoms. The summed E-state index contributed by atoms with van der Waals surface area (Å²) in [6.07, 6.45) is 4.68. The Morgan fingerprint density at radius 3 is 2.82 bits per heavy atom. The molecule has 3 rings (SSSR count). The molecule has 118 valence electrons. The van der Waals surface area contributed by atoms with E-state index < -0.39 is 17.7 Å². The van der Waals surface area contributed by atoms with Gasteiger partial charge in [-0.2, -0.15) is 5.10 Å². The molecule has 0 bridgehead atoms. The van der Waals surface area contributed by atoms with E-state index in [2.05, 4.69) is 10.00 Å². The summed E-state index contributed by atoms with van der Waals surface area (Å²) in [5.41, 5.74) is 1.83. The Labute approximate surface area is 128 Å². The van der Waals surface area contributed by atoms with Crippen LogP contribution in [0.25, 0.3) is 0 Å². The van der Waals surface area contributed by atoms with Crippen molar-refractivity contribution in [2.45, 2.75) is 25.0 Å². The summed E-state index contributed by atoms with van der Waals surface area (Å²) in [5.74, 6) is -1.68. The number of benzene rings is 1. The standard InChI is InChI=1S/C16H19F2N3O/c1-20-9-11(8-19-20)4-5-21-10-13(22)7-16(21)12-2-3-14(17)15(18)6-12/h2-3,6,8-9,13,16,22H,4-5,7,10H2,1H3/t13-,16-/m0/s1. The van der Waals surface area contributed by atoms with Crippen molar-refractivity contribution in [2.75, 3.05) is 13.1 Å². The van der Waals surface area contributed by atoms with Crippen molar-refractivity contribution < 1.29 is 13.9 Å². The topological polar surface area (TPSA) is 41.3 Å². The maximum atomic E-state index is 13.4. The van der Waals surface area contributed by atoms with Crippen LogP contribution in [0.15, 0.2) is 30.6 Å². The molecular weight excluding hydrogens is 288 g/mol. The fraction of sp³-hybridized carbons (Fsp3) is 0.438. The van der Waals surface area contributed by atoms with Gasteiger partial charge in [0.2, 0.25) is 0 Å². The summed E-state index contributed by atoms with van der Waals surface area (Å²) < 4.78 is 28.3. The third-order valence-electron chi connectivity index (χ3n) is 4.16. The zero-order chi connectivity index (χ0) is 15.7. The van der Waals surface area contributed by atoms with Gasteiger partial charge in [0, 0.05) is 32.4 Å². The largest absolute Gasteiger partial charge is 0.392 e. The predicted octanol–water partition coefficient (Wildman–Crippen LogP) is 2.05. The van der Waals surface area contributed by atoms with Crippen LogP contribution in [0.1, 0.15) is 23.6 Å². The van der Waals surface area contributed by atoms with Gasteiger partial charge in [0.1, 0.15) is 0 Å². The summed E-state index contributed by atoms with van der Waals surface area (Å²) in [7, 11) is 1.87. The highest BCUT2D eigenvalue weighted by Gasteiger charge is 2.32. The van der Waals surface area contributed by atoms with Crippen LogP contribution in [-0.2, 0) is 13.5 Å². The summed E-state index contributed by atoms with van der Waals surface area (Å²) in [4.78, 5) is 2.12. The van der Waals surface area contributed by atoms with E-state index in [1.807, 2.05) is 19.4 Å². The van der Waals surface area contributed by atoms with Gasteiger partial charge in [0.05, 0.1) is 12.3 Å². The van der Waals surface area contributed by atoms with E-state index in [4.69, 9.17) is 0 Å². The van der Waals surface area contributed by atoms with Crippen LogP contribution in [0.3, 0.4) is 0 Å². The SMILES string of the molecule is Cn1cc(CCN2C[C@@H](O)C[C@H]2c2ccc(F)c(F)c2)cn1. The number of likely N-dealkylation sites (tertiary alicyclic amines) is 1. The van der Waals surface area contributed by atoms with Gasteiger partial charge >= 0.3 is 0 Å². The lowest BCUT2D eigenvalue weighted by Crippen LogP contribution is -2.27. The maximum Gasteiger partial charge on any atom is 0.159 e. The fourth-order valence-electron chi connectivity index (χ4n) is 3.07. The van der Waals surface area contributed by atoms with Gasteiger partial charge in [-0.05, 0) is 36.1 Å². The highest BCUT2D eigenvalue weighted by Crippen LogP contribution is 2.32. The number of aryl methyl sites for hydroxylation is 1. The van der Waals surface area contributed by atoms with Gasteiger partial charge in [-0.15, -0.1) is 0 Å². The molecule has 1 fully saturated rings. The van der Waals surface area contributed by atoms with Crippen molar-refractivity contribution in [3.63, 3.8) is 0 Å². The van der Waals surface area contributed by atoms with E-state index in [1.165, 1.54) is 6.07 Å². The average molecular weight is 307 g/mol. The third-order valence-corrected chi connectivity index (χ3v) is 4.16. The molecule has 4 nitrogen and oxygen atoms in total. The number of hydrogen-bond donors (Lipinski definition) is 1. The fourth-order valence-corrected chi connectivity index (χ4v) is 3.07. The molecule has 1 aliphatic rings. The van der Waals surface area contributed by atoms with Crippen molar-refractivity contribution in [2.24, 2.45) is 7.05 Å². The Kier molecular flexibility index (Phi) is 4.22. The number of nitrogens with zero attached hydrogens (tertiary/aromatic N) is 3. The molecule has 0 saturated carbocycles. The minimum atomic E-state index is -0.843. The second-order valence-electron chi connectivity index (χ2n) is 5.85. The predicted molar refractivity (Wildman–Crippen MR) is 78.2 cm³/mol. The molecule has 1 aliphatic heterocycles. The normalized spacial score (nSPS) is 22.4. The Balaban J connectivity index is 1.72. The van der Waals surface area contributed by atoms with Gasteiger partial charge in [-0.25, -0.2) is 8.78 Å². The molecule has 2 heterocycles. The second kappa shape index (κ2) is 6.14. The Hall–Kier alpha value is -1.79. The van der Waals surface area contributed by atoms with Gasteiger partial charge in [-0.1, -0.05) is 6.07 Å². The monoisotopic (exact) mass is 307 g/mol. The first-order chi connectivity index (χ1) is 10.5. The first-order valence-corrected chi connectivity index (χ1v) is 7.37. The van der Waals surface area contributed by atoms with Crippen molar-refractivity contribution in [3.05, 3.63) is 53.4 Å². The quantitative estimate of drug-likeness (QED) is 0.940. The molecule has 6 heteroatoms. The molecule has 1 aromatic carbocycles. The van der Waals surface area contributed by atoms with Crippen molar-refractivity contribution >= 4 is 0 Å². The van der Waals surface area contributed by atoms with Crippen LogP contribution in [0.5, 0.6) is 0 Å². The molecule has 2 atom stereocenters. The number of aliphatic hydroxyl groups excluding tert-OH is 1. The highest BCUT2D eigenvalue weighted by atomic mass is 19.2. The summed E-state index contributed by atoms with van der Waals surface area (Å²) in [6, 6.07) is 3.89. The number of aromatic nitrogens is 2. The van der Waals surface area contributed by atoms with E-state index in [9.17, 15) is 13.9 Å². The molecular formula is C16H19F2N3O. The lowest BCUT2D eigenvalue weighted by atomic mass is 10.0. The van der Waals surface area contributed by atoms with Crippen LogP contribution in [0.2, 0.25) is 0 Å². The van der Waals surface area contributed by atoms with Crippen molar-refractivity contribution in [3.8, 4) is 0 Å². The van der Waals surface area contributed by atoms with Crippen LogP contribution in [-0.4, -0.2) is 39.0 Å². The summed E-state index contributed by atoms with van der Waals surface area (Å²) in [6.45, 7) is 1.29. The molecule has 1 N–H and O–H groups in total. The minimum Gasteiger partial charge on any atom is -0.392 e. The van der Waals surface area contributed by atoms with Crippen LogP contribution in [0, 0.1) is 11.6 Å². The van der Waals surface area contributed by atoms with Crippen LogP contribution >= 0.6 is 0 Å². The smallest absolute Gasteiger partial charge is 0.159 e. The van der Waals surface area contributed by atoms with Gasteiger partial charge < -0.3 is 5.11 Å². The number of aliphatic hydroxyl groups is 1. The number of hydrogen-bond acceptors (Lipinski definition) is 3. The first-order valence-electron chi connectivity index (χ1n) is 7.37. The van der Waals surface area contributed by atoms with E-state index in [-0.39, 0.29) is 6.04 Å². The summed E-state index contributed by atoms with van der Waals surface area (Å²) in [5, 5.41) is 14.1. The molecule has 0 aliphatic carbocycles. The molecule has 1 saturated heterocycles. The van der Waals surface area contributed by atoms with Crippen molar-refractivity contribution in [1.29, 1.82) is 0 Å². The Bertz CT molecular complexity index is 659. The first kappa shape index (κ1) is 15.1.